The summed E-state index contributed by atoms with van der Waals surface area (Å²) in [4.78, 5) is 1.62. The molecule has 0 spiro atoms. The van der Waals surface area contributed by atoms with Crippen LogP contribution in [0.25, 0.3) is 0 Å². The maximum absolute atomic E-state index is 13.7. The van der Waals surface area contributed by atoms with Crippen molar-refractivity contribution < 1.29 is 13.2 Å². The van der Waals surface area contributed by atoms with Crippen LogP contribution in [0.3, 0.4) is 0 Å². The van der Waals surface area contributed by atoms with Crippen molar-refractivity contribution in [2.24, 2.45) is 0 Å². The topological polar surface area (TPSA) is 3.24 Å². The Morgan fingerprint density at radius 2 is 2.11 bits per heavy atom. The Morgan fingerprint density at radius 3 is 2.78 bits per heavy atom. The maximum atomic E-state index is 13.7. The normalized spacial score (nSPS) is 20.1. The van der Waals surface area contributed by atoms with Crippen molar-refractivity contribution in [3.05, 3.63) is 33.5 Å². The molecule has 0 aromatic heterocycles. The van der Waals surface area contributed by atoms with Crippen molar-refractivity contribution >= 4 is 15.9 Å². The van der Waals surface area contributed by atoms with Crippen LogP contribution in [0.4, 0.5) is 13.2 Å². The zero-order chi connectivity index (χ0) is 13.3. The van der Waals surface area contributed by atoms with Crippen LogP contribution in [-0.4, -0.2) is 23.9 Å². The summed E-state index contributed by atoms with van der Waals surface area (Å²) < 4.78 is 41.0. The molecule has 1 nitrogen and oxygen atoms in total. The molecule has 100 valence electrons. The first-order valence-electron chi connectivity index (χ1n) is 5.92. The lowest BCUT2D eigenvalue weighted by molar-refractivity contribution is -0.0663. The third-order valence-corrected chi connectivity index (χ3v) is 4.05. The fraction of sp³-hybridized carbons (Fsp3) is 0.538. The van der Waals surface area contributed by atoms with E-state index in [0.717, 1.165) is 5.56 Å². The molecule has 5 heteroatoms. The lowest BCUT2D eigenvalue weighted by Gasteiger charge is -2.32. The van der Waals surface area contributed by atoms with Crippen molar-refractivity contribution in [2.75, 3.05) is 13.1 Å². The van der Waals surface area contributed by atoms with Crippen molar-refractivity contribution in [2.45, 2.75) is 32.2 Å². The van der Waals surface area contributed by atoms with E-state index in [-0.39, 0.29) is 25.3 Å². The smallest absolute Gasteiger partial charge is 0.260 e. The second kappa shape index (κ2) is 5.21. The zero-order valence-corrected chi connectivity index (χ0v) is 11.7. The highest BCUT2D eigenvalue weighted by Gasteiger charge is 2.35. The van der Waals surface area contributed by atoms with Gasteiger partial charge in [-0.3, -0.25) is 4.90 Å². The van der Waals surface area contributed by atoms with Gasteiger partial charge in [0.1, 0.15) is 5.82 Å². The fourth-order valence-electron chi connectivity index (χ4n) is 2.26. The van der Waals surface area contributed by atoms with E-state index in [4.69, 9.17) is 0 Å². The molecule has 0 unspecified atom stereocenters. The monoisotopic (exact) mass is 321 g/mol. The second-order valence-corrected chi connectivity index (χ2v) is 5.72. The molecule has 1 aliphatic rings. The molecule has 0 N–H and O–H groups in total. The average molecular weight is 322 g/mol. The third kappa shape index (κ3) is 3.26. The molecule has 2 rings (SSSR count). The minimum absolute atomic E-state index is 0.0641. The van der Waals surface area contributed by atoms with E-state index in [1.807, 2.05) is 6.92 Å². The van der Waals surface area contributed by atoms with Crippen LogP contribution in [0, 0.1) is 12.7 Å². The first-order chi connectivity index (χ1) is 8.37. The number of halogens is 4. The van der Waals surface area contributed by atoms with Gasteiger partial charge >= 0.3 is 0 Å². The van der Waals surface area contributed by atoms with Gasteiger partial charge in [0.15, 0.2) is 0 Å². The summed E-state index contributed by atoms with van der Waals surface area (Å²) in [5, 5.41) is 0. The first kappa shape index (κ1) is 13.9. The summed E-state index contributed by atoms with van der Waals surface area (Å²) in [6, 6.07) is 3.11. The number of aryl methyl sites for hydroxylation is 1. The molecule has 0 radical (unpaired) electrons. The molecular weight excluding hydrogens is 307 g/mol. The van der Waals surface area contributed by atoms with Crippen LogP contribution in [0.15, 0.2) is 16.6 Å². The summed E-state index contributed by atoms with van der Waals surface area (Å²) in [6.45, 7) is 2.43. The molecule has 0 bridgehead atoms. The van der Waals surface area contributed by atoms with E-state index < -0.39 is 5.92 Å². The van der Waals surface area contributed by atoms with E-state index >= 15 is 0 Å². The van der Waals surface area contributed by atoms with Gasteiger partial charge in [0, 0.05) is 23.0 Å². The number of piperidine rings is 1. The molecule has 0 aliphatic carbocycles. The number of hydrogen-bond acceptors (Lipinski definition) is 1. The molecular formula is C13H15BrF3N. The number of hydrogen-bond donors (Lipinski definition) is 0. The van der Waals surface area contributed by atoms with E-state index in [2.05, 4.69) is 15.9 Å². The summed E-state index contributed by atoms with van der Waals surface area (Å²) in [5.74, 6) is -2.99. The van der Waals surface area contributed by atoms with Crippen LogP contribution in [0.1, 0.15) is 24.0 Å². The molecule has 0 atom stereocenters. The number of likely N-dealkylation sites (tertiary alicyclic amines) is 1. The van der Waals surface area contributed by atoms with E-state index in [9.17, 15) is 13.2 Å². The number of benzene rings is 1. The zero-order valence-electron chi connectivity index (χ0n) is 10.1. The predicted molar refractivity (Wildman–Crippen MR) is 68.3 cm³/mol. The molecule has 1 saturated heterocycles. The van der Waals surface area contributed by atoms with Crippen molar-refractivity contribution in [1.29, 1.82) is 0 Å². The van der Waals surface area contributed by atoms with E-state index in [0.29, 0.717) is 23.0 Å². The van der Waals surface area contributed by atoms with Crippen molar-refractivity contribution in [3.8, 4) is 0 Å². The van der Waals surface area contributed by atoms with Crippen molar-refractivity contribution in [3.63, 3.8) is 0 Å². The Morgan fingerprint density at radius 1 is 1.39 bits per heavy atom. The molecule has 0 amide bonds. The van der Waals surface area contributed by atoms with E-state index in [1.54, 1.807) is 11.0 Å². The SMILES string of the molecule is Cc1cc(CN2CCCC(F)(F)C2)c(F)cc1Br. The summed E-state index contributed by atoms with van der Waals surface area (Å²) in [7, 11) is 0. The highest BCUT2D eigenvalue weighted by Crippen LogP contribution is 2.28. The molecule has 1 heterocycles. The molecule has 18 heavy (non-hydrogen) atoms. The lowest BCUT2D eigenvalue weighted by Crippen LogP contribution is -2.42. The van der Waals surface area contributed by atoms with Crippen LogP contribution < -0.4 is 0 Å². The summed E-state index contributed by atoms with van der Waals surface area (Å²) in [6.07, 6.45) is 0.398. The van der Waals surface area contributed by atoms with Gasteiger partial charge in [0.25, 0.3) is 5.92 Å². The average Bonchev–Trinajstić information content (AvgIpc) is 2.24. The number of rotatable bonds is 2. The Bertz CT molecular complexity index is 448. The van der Waals surface area contributed by atoms with Crippen LogP contribution in [0.5, 0.6) is 0 Å². The van der Waals surface area contributed by atoms with E-state index in [1.165, 1.54) is 6.07 Å². The van der Waals surface area contributed by atoms with Gasteiger partial charge in [0.2, 0.25) is 0 Å². The van der Waals surface area contributed by atoms with Crippen LogP contribution >= 0.6 is 15.9 Å². The molecule has 0 saturated carbocycles. The molecule has 1 aromatic carbocycles. The lowest BCUT2D eigenvalue weighted by atomic mass is 10.1. The summed E-state index contributed by atoms with van der Waals surface area (Å²) in [5.41, 5.74) is 1.39. The van der Waals surface area contributed by atoms with Gasteiger partial charge in [-0.25, -0.2) is 13.2 Å². The minimum atomic E-state index is -2.64. The van der Waals surface area contributed by atoms with Crippen LogP contribution in [0.2, 0.25) is 0 Å². The standard InChI is InChI=1S/C13H15BrF3N/c1-9-5-10(12(15)6-11(9)14)7-18-4-2-3-13(16,17)8-18/h5-6H,2-4,7-8H2,1H3. The van der Waals surface area contributed by atoms with Crippen molar-refractivity contribution in [1.82, 2.24) is 4.90 Å². The molecule has 1 fully saturated rings. The minimum Gasteiger partial charge on any atom is -0.293 e. The number of alkyl halides is 2. The Balaban J connectivity index is 2.12. The fourth-order valence-corrected chi connectivity index (χ4v) is 2.58. The van der Waals surface area contributed by atoms with Gasteiger partial charge in [-0.2, -0.15) is 0 Å². The van der Waals surface area contributed by atoms with Crippen LogP contribution in [-0.2, 0) is 6.54 Å². The third-order valence-electron chi connectivity index (χ3n) is 3.19. The quantitative estimate of drug-likeness (QED) is 0.791. The van der Waals surface area contributed by atoms with Gasteiger partial charge in [-0.1, -0.05) is 22.0 Å². The maximum Gasteiger partial charge on any atom is 0.260 e. The molecule has 1 aromatic rings. The summed E-state index contributed by atoms with van der Waals surface area (Å²) >= 11 is 3.25. The highest BCUT2D eigenvalue weighted by molar-refractivity contribution is 9.10. The highest BCUT2D eigenvalue weighted by atomic mass is 79.9. The van der Waals surface area contributed by atoms with Gasteiger partial charge in [-0.05, 0) is 31.5 Å². The van der Waals surface area contributed by atoms with Gasteiger partial charge in [0.05, 0.1) is 6.54 Å². The largest absolute Gasteiger partial charge is 0.293 e. The Hall–Kier alpha value is -0.550. The number of nitrogens with zero attached hydrogens (tertiary/aromatic N) is 1. The van der Waals surface area contributed by atoms with Gasteiger partial charge in [-0.15, -0.1) is 0 Å². The Kier molecular flexibility index (Phi) is 4.02. The first-order valence-corrected chi connectivity index (χ1v) is 6.71. The van der Waals surface area contributed by atoms with Gasteiger partial charge < -0.3 is 0 Å². The predicted octanol–water partition coefficient (Wildman–Crippen LogP) is 4.13. The molecule has 1 aliphatic heterocycles. The second-order valence-electron chi connectivity index (χ2n) is 4.86. The Labute approximate surface area is 113 Å².